The van der Waals surface area contributed by atoms with E-state index >= 15 is 0 Å². The van der Waals surface area contributed by atoms with E-state index in [9.17, 15) is 4.79 Å². The standard InChI is InChI=1S/C23H39N5O.HI/c1-18-14-19(2)17-28(16-18)13-6-5-11-26-23(25-4)27-12-10-20-8-7-9-21(15-20)22(29)24-3;/h7-9,15,18-19H,5-6,10-14,16-17H2,1-4H3,(H,24,29)(H2,25,26,27);1H. The van der Waals surface area contributed by atoms with E-state index in [1.54, 1.807) is 14.1 Å². The van der Waals surface area contributed by atoms with Crippen molar-refractivity contribution in [2.45, 2.75) is 39.5 Å². The fraction of sp³-hybridized carbons (Fsp3) is 0.652. The van der Waals surface area contributed by atoms with E-state index in [1.165, 1.54) is 32.5 Å². The minimum Gasteiger partial charge on any atom is -0.356 e. The number of benzene rings is 1. The molecule has 1 saturated heterocycles. The number of hydrogen-bond donors (Lipinski definition) is 3. The van der Waals surface area contributed by atoms with Crippen LogP contribution in [-0.2, 0) is 6.42 Å². The highest BCUT2D eigenvalue weighted by molar-refractivity contribution is 14.0. The number of amides is 1. The third-order valence-electron chi connectivity index (χ3n) is 5.48. The molecule has 0 bridgehead atoms. The molecule has 1 amide bonds. The van der Waals surface area contributed by atoms with Crippen LogP contribution < -0.4 is 16.0 Å². The van der Waals surface area contributed by atoms with E-state index in [0.717, 1.165) is 49.3 Å². The lowest BCUT2D eigenvalue weighted by atomic mass is 9.92. The van der Waals surface area contributed by atoms with Gasteiger partial charge in [-0.25, -0.2) is 0 Å². The summed E-state index contributed by atoms with van der Waals surface area (Å²) in [5.74, 6) is 2.45. The summed E-state index contributed by atoms with van der Waals surface area (Å²) in [6.45, 7) is 10.2. The van der Waals surface area contributed by atoms with Gasteiger partial charge in [-0.15, -0.1) is 24.0 Å². The van der Waals surface area contributed by atoms with E-state index in [2.05, 4.69) is 39.7 Å². The Balaban J connectivity index is 0.00000450. The third kappa shape index (κ3) is 9.64. The van der Waals surface area contributed by atoms with Gasteiger partial charge in [0.05, 0.1) is 0 Å². The van der Waals surface area contributed by atoms with Gasteiger partial charge in [-0.1, -0.05) is 26.0 Å². The van der Waals surface area contributed by atoms with Crippen LogP contribution in [0.5, 0.6) is 0 Å². The van der Waals surface area contributed by atoms with Crippen LogP contribution in [0.25, 0.3) is 0 Å². The number of likely N-dealkylation sites (tertiary alicyclic amines) is 1. The third-order valence-corrected chi connectivity index (χ3v) is 5.48. The van der Waals surface area contributed by atoms with Gasteiger partial charge in [-0.05, 0) is 61.8 Å². The SMILES string of the molecule is CN=C(NCCCCN1CC(C)CC(C)C1)NCCc1cccc(C(=O)NC)c1.I. The predicted octanol–water partition coefficient (Wildman–Crippen LogP) is 3.13. The normalized spacial score (nSPS) is 19.7. The Bertz CT molecular complexity index is 657. The number of aliphatic imine (C=N–C) groups is 1. The summed E-state index contributed by atoms with van der Waals surface area (Å²) >= 11 is 0. The topological polar surface area (TPSA) is 68.8 Å². The second-order valence-electron chi connectivity index (χ2n) is 8.37. The Morgan fingerprint density at radius 2 is 1.83 bits per heavy atom. The highest BCUT2D eigenvalue weighted by atomic mass is 127. The number of rotatable bonds is 9. The molecule has 2 atom stereocenters. The Kier molecular flexibility index (Phi) is 13.0. The number of piperidine rings is 1. The molecule has 2 rings (SSSR count). The highest BCUT2D eigenvalue weighted by Crippen LogP contribution is 2.20. The molecule has 170 valence electrons. The van der Waals surface area contributed by atoms with Crippen molar-refractivity contribution in [1.82, 2.24) is 20.9 Å². The predicted molar refractivity (Wildman–Crippen MR) is 137 cm³/mol. The molecule has 1 fully saturated rings. The van der Waals surface area contributed by atoms with E-state index in [4.69, 9.17) is 0 Å². The minimum absolute atomic E-state index is 0. The Labute approximate surface area is 199 Å². The lowest BCUT2D eigenvalue weighted by Crippen LogP contribution is -2.40. The number of carbonyl (C=O) groups excluding carboxylic acids is 1. The van der Waals surface area contributed by atoms with E-state index in [0.29, 0.717) is 5.56 Å². The molecular formula is C23H40IN5O. The molecule has 1 aliphatic heterocycles. The summed E-state index contributed by atoms with van der Waals surface area (Å²) < 4.78 is 0. The number of carbonyl (C=O) groups is 1. The first-order valence-corrected chi connectivity index (χ1v) is 11.0. The lowest BCUT2D eigenvalue weighted by Gasteiger charge is -2.34. The smallest absolute Gasteiger partial charge is 0.251 e. The molecule has 6 nitrogen and oxygen atoms in total. The van der Waals surface area contributed by atoms with Crippen molar-refractivity contribution >= 4 is 35.8 Å². The van der Waals surface area contributed by atoms with Gasteiger partial charge in [0, 0.05) is 45.8 Å². The molecule has 1 heterocycles. The van der Waals surface area contributed by atoms with Gasteiger partial charge in [0.2, 0.25) is 0 Å². The van der Waals surface area contributed by atoms with Crippen LogP contribution in [0.1, 0.15) is 49.0 Å². The maximum atomic E-state index is 11.7. The number of unbranched alkanes of at least 4 members (excludes halogenated alkanes) is 1. The molecule has 0 spiro atoms. The quantitative estimate of drug-likeness (QED) is 0.199. The van der Waals surface area contributed by atoms with Gasteiger partial charge >= 0.3 is 0 Å². The van der Waals surface area contributed by atoms with Crippen LogP contribution in [0.2, 0.25) is 0 Å². The molecule has 0 aliphatic carbocycles. The van der Waals surface area contributed by atoms with Gasteiger partial charge in [0.25, 0.3) is 5.91 Å². The highest BCUT2D eigenvalue weighted by Gasteiger charge is 2.20. The fourth-order valence-electron chi connectivity index (χ4n) is 4.20. The molecule has 0 saturated carbocycles. The molecule has 0 aromatic heterocycles. The first-order chi connectivity index (χ1) is 14.0. The van der Waals surface area contributed by atoms with Crippen molar-refractivity contribution in [3.05, 3.63) is 35.4 Å². The van der Waals surface area contributed by atoms with E-state index in [-0.39, 0.29) is 29.9 Å². The van der Waals surface area contributed by atoms with Crippen LogP contribution >= 0.6 is 24.0 Å². The van der Waals surface area contributed by atoms with Crippen LogP contribution in [-0.4, -0.2) is 63.6 Å². The molecule has 7 heteroatoms. The summed E-state index contributed by atoms with van der Waals surface area (Å²) in [4.78, 5) is 18.7. The molecule has 3 N–H and O–H groups in total. The number of hydrogen-bond acceptors (Lipinski definition) is 3. The Hall–Kier alpha value is -1.35. The minimum atomic E-state index is -0.0502. The summed E-state index contributed by atoms with van der Waals surface area (Å²) in [7, 11) is 3.46. The van der Waals surface area contributed by atoms with Gasteiger partial charge in [0.15, 0.2) is 5.96 Å². The fourth-order valence-corrected chi connectivity index (χ4v) is 4.20. The van der Waals surface area contributed by atoms with Crippen molar-refractivity contribution in [1.29, 1.82) is 0 Å². The van der Waals surface area contributed by atoms with Gasteiger partial charge in [-0.2, -0.15) is 0 Å². The second-order valence-corrected chi connectivity index (χ2v) is 8.37. The molecule has 2 unspecified atom stereocenters. The van der Waals surface area contributed by atoms with E-state index < -0.39 is 0 Å². The Morgan fingerprint density at radius 3 is 2.50 bits per heavy atom. The molecule has 1 aromatic carbocycles. The first kappa shape index (κ1) is 26.7. The number of nitrogens with one attached hydrogen (secondary N) is 3. The summed E-state index contributed by atoms with van der Waals surface area (Å²) in [6, 6.07) is 7.75. The largest absolute Gasteiger partial charge is 0.356 e. The summed E-state index contributed by atoms with van der Waals surface area (Å²) in [5, 5.41) is 9.43. The number of nitrogens with zero attached hydrogens (tertiary/aromatic N) is 2. The van der Waals surface area contributed by atoms with Crippen molar-refractivity contribution in [2.24, 2.45) is 16.8 Å². The molecular weight excluding hydrogens is 489 g/mol. The van der Waals surface area contributed by atoms with Gasteiger partial charge in [0.1, 0.15) is 0 Å². The van der Waals surface area contributed by atoms with Crippen LogP contribution in [0.3, 0.4) is 0 Å². The lowest BCUT2D eigenvalue weighted by molar-refractivity contribution is 0.0963. The molecule has 1 aromatic rings. The van der Waals surface area contributed by atoms with Crippen LogP contribution in [0, 0.1) is 11.8 Å². The summed E-state index contributed by atoms with van der Waals surface area (Å²) in [6.07, 6.45) is 4.58. The zero-order chi connectivity index (χ0) is 21.1. The number of halogens is 1. The van der Waals surface area contributed by atoms with Crippen molar-refractivity contribution in [3.63, 3.8) is 0 Å². The van der Waals surface area contributed by atoms with Crippen molar-refractivity contribution < 1.29 is 4.79 Å². The second kappa shape index (κ2) is 14.6. The van der Waals surface area contributed by atoms with Crippen molar-refractivity contribution in [2.75, 3.05) is 46.8 Å². The van der Waals surface area contributed by atoms with Crippen LogP contribution in [0.15, 0.2) is 29.3 Å². The maximum Gasteiger partial charge on any atom is 0.251 e. The number of guanidine groups is 1. The van der Waals surface area contributed by atoms with Gasteiger partial charge in [-0.3, -0.25) is 9.79 Å². The zero-order valence-corrected chi connectivity index (χ0v) is 21.4. The monoisotopic (exact) mass is 529 g/mol. The van der Waals surface area contributed by atoms with Crippen LogP contribution in [0.4, 0.5) is 0 Å². The average molecular weight is 530 g/mol. The molecule has 0 radical (unpaired) electrons. The molecule has 30 heavy (non-hydrogen) atoms. The Morgan fingerprint density at radius 1 is 1.13 bits per heavy atom. The maximum absolute atomic E-state index is 11.7. The van der Waals surface area contributed by atoms with Crippen molar-refractivity contribution in [3.8, 4) is 0 Å². The zero-order valence-electron chi connectivity index (χ0n) is 19.0. The summed E-state index contributed by atoms with van der Waals surface area (Å²) in [5.41, 5.74) is 1.84. The average Bonchev–Trinajstić information content (AvgIpc) is 2.71. The first-order valence-electron chi connectivity index (χ1n) is 11.0. The van der Waals surface area contributed by atoms with E-state index in [1.807, 2.05) is 24.3 Å². The molecule has 1 aliphatic rings. The van der Waals surface area contributed by atoms with Gasteiger partial charge < -0.3 is 20.9 Å².